The van der Waals surface area contributed by atoms with Gasteiger partial charge in [0.2, 0.25) is 0 Å². The van der Waals surface area contributed by atoms with E-state index in [1.165, 1.54) is 24.8 Å². The molecule has 0 aliphatic heterocycles. The fourth-order valence-electron chi connectivity index (χ4n) is 1.35. The minimum atomic E-state index is 0.839. The fraction of sp³-hybridized carbons (Fsp3) is 0.778. The molecule has 1 saturated carbocycles. The quantitative estimate of drug-likeness (QED) is 0.517. The van der Waals surface area contributed by atoms with Crippen molar-refractivity contribution in [2.45, 2.75) is 25.3 Å². The van der Waals surface area contributed by atoms with Crippen molar-refractivity contribution in [2.24, 2.45) is 0 Å². The summed E-state index contributed by atoms with van der Waals surface area (Å²) in [6, 6.07) is 0.839. The summed E-state index contributed by atoms with van der Waals surface area (Å²) in [5.74, 6) is 0. The first-order valence-electron chi connectivity index (χ1n) is 4.17. The normalized spacial score (nSPS) is 18.5. The summed E-state index contributed by atoms with van der Waals surface area (Å²) >= 11 is 3.41. The summed E-state index contributed by atoms with van der Waals surface area (Å²) in [4.78, 5) is 2.41. The molecule has 0 radical (unpaired) electrons. The lowest BCUT2D eigenvalue weighted by molar-refractivity contribution is 0.172. The Morgan fingerprint density at radius 2 is 2.27 bits per heavy atom. The molecule has 0 saturated heterocycles. The van der Waals surface area contributed by atoms with Crippen molar-refractivity contribution in [2.75, 3.05) is 18.9 Å². The van der Waals surface area contributed by atoms with Crippen molar-refractivity contribution >= 4 is 15.9 Å². The molecule has 1 rings (SSSR count). The van der Waals surface area contributed by atoms with E-state index in [2.05, 4.69) is 34.5 Å². The summed E-state index contributed by atoms with van der Waals surface area (Å²) in [6.45, 7) is 5.02. The van der Waals surface area contributed by atoms with Crippen LogP contribution >= 0.6 is 15.9 Å². The second-order valence-electron chi connectivity index (χ2n) is 3.38. The second kappa shape index (κ2) is 4.27. The van der Waals surface area contributed by atoms with Gasteiger partial charge in [0.15, 0.2) is 0 Å². The van der Waals surface area contributed by atoms with Crippen molar-refractivity contribution in [3.63, 3.8) is 0 Å². The molecule has 0 atom stereocenters. The molecular formula is C9H16BrN. The van der Waals surface area contributed by atoms with Crippen LogP contribution in [0.2, 0.25) is 0 Å². The Morgan fingerprint density at radius 1 is 1.64 bits per heavy atom. The molecule has 0 aromatic heterocycles. The number of hydrogen-bond acceptors (Lipinski definition) is 1. The van der Waals surface area contributed by atoms with Gasteiger partial charge < -0.3 is 0 Å². The summed E-state index contributed by atoms with van der Waals surface area (Å²) in [6.07, 6.45) is 4.17. The first kappa shape index (κ1) is 9.27. The average molecular weight is 218 g/mol. The van der Waals surface area contributed by atoms with E-state index in [4.69, 9.17) is 0 Å². The molecule has 2 heteroatoms. The molecule has 64 valence electrons. The molecule has 0 heterocycles. The Kier molecular flexibility index (Phi) is 3.60. The second-order valence-corrected chi connectivity index (χ2v) is 3.94. The number of likely N-dealkylation sites (N-methyl/N-ethyl adjacent to an activating group) is 1. The number of nitrogens with zero attached hydrogens (tertiary/aromatic N) is 1. The van der Waals surface area contributed by atoms with Crippen LogP contribution in [0.4, 0.5) is 0 Å². The third-order valence-corrected chi connectivity index (χ3v) is 3.15. The molecule has 1 fully saturated rings. The highest BCUT2D eigenvalue weighted by Gasteiger charge is 2.21. The molecule has 0 amide bonds. The van der Waals surface area contributed by atoms with Gasteiger partial charge in [0.05, 0.1) is 0 Å². The van der Waals surface area contributed by atoms with E-state index in [-0.39, 0.29) is 0 Å². The van der Waals surface area contributed by atoms with Gasteiger partial charge in [-0.15, -0.1) is 0 Å². The minimum absolute atomic E-state index is 0.839. The summed E-state index contributed by atoms with van der Waals surface area (Å²) in [5.41, 5.74) is 1.28. The predicted octanol–water partition coefficient (Wildman–Crippen LogP) is 2.42. The van der Waals surface area contributed by atoms with Gasteiger partial charge in [0.25, 0.3) is 0 Å². The van der Waals surface area contributed by atoms with Crippen LogP contribution < -0.4 is 0 Å². The first-order chi connectivity index (χ1) is 5.24. The van der Waals surface area contributed by atoms with Gasteiger partial charge in [-0.3, -0.25) is 4.90 Å². The van der Waals surface area contributed by atoms with Crippen LogP contribution in [0.3, 0.4) is 0 Å². The van der Waals surface area contributed by atoms with Crippen molar-refractivity contribution in [3.05, 3.63) is 12.2 Å². The third-order valence-electron chi connectivity index (χ3n) is 2.36. The van der Waals surface area contributed by atoms with Gasteiger partial charge in [-0.25, -0.2) is 0 Å². The zero-order valence-electron chi connectivity index (χ0n) is 7.15. The molecule has 1 aliphatic rings. The van der Waals surface area contributed by atoms with Crippen LogP contribution in [0.1, 0.15) is 19.3 Å². The molecule has 1 nitrogen and oxygen atoms in total. The van der Waals surface area contributed by atoms with E-state index in [1.54, 1.807) is 0 Å². The molecule has 1 aliphatic carbocycles. The smallest absolute Gasteiger partial charge is 0.0251 e. The summed E-state index contributed by atoms with van der Waals surface area (Å²) in [5, 5.41) is 0.935. The Labute approximate surface area is 77.6 Å². The largest absolute Gasteiger partial charge is 0.299 e. The lowest BCUT2D eigenvalue weighted by Gasteiger charge is -2.34. The highest BCUT2D eigenvalue weighted by molar-refractivity contribution is 9.09. The van der Waals surface area contributed by atoms with Gasteiger partial charge >= 0.3 is 0 Å². The number of rotatable bonds is 4. The van der Waals surface area contributed by atoms with Gasteiger partial charge in [-0.2, -0.15) is 0 Å². The maximum atomic E-state index is 3.97. The van der Waals surface area contributed by atoms with E-state index < -0.39 is 0 Å². The van der Waals surface area contributed by atoms with E-state index >= 15 is 0 Å². The van der Waals surface area contributed by atoms with Crippen LogP contribution in [0.25, 0.3) is 0 Å². The maximum absolute atomic E-state index is 3.97. The van der Waals surface area contributed by atoms with Crippen LogP contribution in [0, 0.1) is 0 Å². The lowest BCUT2D eigenvalue weighted by atomic mass is 9.92. The average Bonchev–Trinajstić information content (AvgIpc) is 1.83. The molecule has 0 aromatic carbocycles. The molecule has 11 heavy (non-hydrogen) atoms. The monoisotopic (exact) mass is 217 g/mol. The van der Waals surface area contributed by atoms with Gasteiger partial charge in [0, 0.05) is 17.9 Å². The van der Waals surface area contributed by atoms with Crippen molar-refractivity contribution in [3.8, 4) is 0 Å². The summed E-state index contributed by atoms with van der Waals surface area (Å²) < 4.78 is 0. The first-order valence-corrected chi connectivity index (χ1v) is 5.29. The zero-order valence-corrected chi connectivity index (χ0v) is 8.73. The highest BCUT2D eigenvalue weighted by Crippen LogP contribution is 2.23. The van der Waals surface area contributed by atoms with Crippen LogP contribution in [-0.2, 0) is 0 Å². The minimum Gasteiger partial charge on any atom is -0.299 e. The van der Waals surface area contributed by atoms with Crippen LogP contribution in [-0.4, -0.2) is 29.9 Å². The van der Waals surface area contributed by atoms with Crippen LogP contribution in [0.15, 0.2) is 12.2 Å². The number of hydrogen-bond donors (Lipinski definition) is 0. The van der Waals surface area contributed by atoms with Gasteiger partial charge in [-0.1, -0.05) is 34.5 Å². The molecule has 0 aromatic rings. The lowest BCUT2D eigenvalue weighted by Crippen LogP contribution is -2.38. The van der Waals surface area contributed by atoms with E-state index in [1.807, 2.05) is 0 Å². The Morgan fingerprint density at radius 3 is 2.64 bits per heavy atom. The third kappa shape index (κ3) is 2.60. The highest BCUT2D eigenvalue weighted by atomic mass is 79.9. The Bertz CT molecular complexity index is 140. The fourth-order valence-corrected chi connectivity index (χ4v) is 1.53. The van der Waals surface area contributed by atoms with Gasteiger partial charge in [-0.05, 0) is 19.9 Å². The molecule has 0 bridgehead atoms. The van der Waals surface area contributed by atoms with Crippen LogP contribution in [0.5, 0.6) is 0 Å². The molecular weight excluding hydrogens is 202 g/mol. The zero-order chi connectivity index (χ0) is 8.27. The van der Waals surface area contributed by atoms with E-state index in [9.17, 15) is 0 Å². The summed E-state index contributed by atoms with van der Waals surface area (Å²) in [7, 11) is 2.19. The van der Waals surface area contributed by atoms with E-state index in [0.717, 1.165) is 17.9 Å². The SMILES string of the molecule is C=C(CBr)CN(C)C1CCC1. The standard InChI is InChI=1S/C9H16BrN/c1-8(6-10)7-11(2)9-4-3-5-9/h9H,1,3-7H2,2H3. The molecule has 0 unspecified atom stereocenters. The van der Waals surface area contributed by atoms with Gasteiger partial charge in [0.1, 0.15) is 0 Å². The van der Waals surface area contributed by atoms with E-state index in [0.29, 0.717) is 0 Å². The number of alkyl halides is 1. The number of halogens is 1. The Hall–Kier alpha value is 0.180. The molecule has 0 N–H and O–H groups in total. The molecule has 0 spiro atoms. The van der Waals surface area contributed by atoms with Crippen molar-refractivity contribution in [1.82, 2.24) is 4.90 Å². The predicted molar refractivity (Wildman–Crippen MR) is 53.2 cm³/mol. The maximum Gasteiger partial charge on any atom is 0.0251 e. The van der Waals surface area contributed by atoms with Crippen molar-refractivity contribution in [1.29, 1.82) is 0 Å². The van der Waals surface area contributed by atoms with Crippen molar-refractivity contribution < 1.29 is 0 Å². The Balaban J connectivity index is 2.19. The topological polar surface area (TPSA) is 3.24 Å².